The number of carbonyl (C=O) groups is 1. The number of rotatable bonds is 1. The average molecular weight is 403 g/mol. The van der Waals surface area contributed by atoms with E-state index in [1.807, 2.05) is 37.1 Å². The molecule has 2 atom stereocenters. The molecule has 4 aromatic rings. The molecule has 4 aromatic heterocycles. The Kier molecular flexibility index (Phi) is 3.64. The maximum absolute atomic E-state index is 13.0. The average Bonchev–Trinajstić information content (AvgIpc) is 3.31. The number of anilines is 1. The lowest BCUT2D eigenvalue weighted by Gasteiger charge is -2.36. The number of nitrogens with one attached hydrogen (secondary N) is 2. The summed E-state index contributed by atoms with van der Waals surface area (Å²) in [5, 5.41) is 7.27. The van der Waals surface area contributed by atoms with Crippen molar-refractivity contribution in [3.63, 3.8) is 0 Å². The lowest BCUT2D eigenvalue weighted by Crippen LogP contribution is -2.52. The van der Waals surface area contributed by atoms with E-state index in [0.717, 1.165) is 46.4 Å². The molecule has 152 valence electrons. The Morgan fingerprint density at radius 1 is 1.23 bits per heavy atom. The number of hydrogen-bond donors (Lipinski definition) is 2. The first kappa shape index (κ1) is 17.4. The van der Waals surface area contributed by atoms with Crippen LogP contribution in [0.15, 0.2) is 30.9 Å². The van der Waals surface area contributed by atoms with Gasteiger partial charge in [0.2, 0.25) is 0 Å². The third-order valence-corrected chi connectivity index (χ3v) is 6.12. The number of fused-ring (bicyclic) bond motifs is 4. The Labute approximate surface area is 172 Å². The molecule has 9 heteroatoms. The minimum Gasteiger partial charge on any atom is -0.386 e. The molecule has 1 aliphatic heterocycles. The summed E-state index contributed by atoms with van der Waals surface area (Å²) < 4.78 is 9.57. The van der Waals surface area contributed by atoms with Crippen molar-refractivity contribution in [2.75, 3.05) is 12.4 Å². The van der Waals surface area contributed by atoms with Gasteiger partial charge in [-0.25, -0.2) is 24.3 Å². The number of pyridine rings is 2. The molecule has 4 bridgehead atoms. The van der Waals surface area contributed by atoms with Crippen molar-refractivity contribution < 1.29 is 9.53 Å². The molecule has 6 rings (SSSR count). The molecule has 2 aliphatic rings. The Hall–Kier alpha value is -3.46. The molecule has 1 fully saturated rings. The minimum absolute atomic E-state index is 0.00555. The molecule has 1 aliphatic carbocycles. The number of nitrogens with zero attached hydrogens (tertiary/aromatic N) is 5. The standard InChI is InChI=1S/C21H21N7O2/c1-22-16-6-15-13-8-27(2)19-12(13)5-11(7-23-19)9-30-17-4-3-14(17)26-21(29)28-10-24-18(16)20(28)25-15/h5-8,10,14,17H,3-4,9H2,1-2H3,(H,22,25)(H,26,29)/t14-,17-/m1/s1. The lowest BCUT2D eigenvalue weighted by molar-refractivity contribution is -0.0323. The number of amides is 1. The Bertz CT molecular complexity index is 1320. The number of carbonyl (C=O) groups excluding carboxylic acids is 1. The Morgan fingerprint density at radius 2 is 2.13 bits per heavy atom. The smallest absolute Gasteiger partial charge is 0.328 e. The number of imidazole rings is 1. The van der Waals surface area contributed by atoms with E-state index in [2.05, 4.69) is 26.7 Å². The second-order valence-corrected chi connectivity index (χ2v) is 7.94. The van der Waals surface area contributed by atoms with Crippen molar-refractivity contribution in [2.45, 2.75) is 31.6 Å². The van der Waals surface area contributed by atoms with Crippen LogP contribution in [0.3, 0.4) is 0 Å². The van der Waals surface area contributed by atoms with E-state index in [1.54, 1.807) is 0 Å². The van der Waals surface area contributed by atoms with Crippen molar-refractivity contribution >= 4 is 33.9 Å². The summed E-state index contributed by atoms with van der Waals surface area (Å²) in [5.74, 6) is 0. The van der Waals surface area contributed by atoms with Gasteiger partial charge in [0, 0.05) is 37.4 Å². The molecule has 0 saturated heterocycles. The van der Waals surface area contributed by atoms with E-state index < -0.39 is 0 Å². The van der Waals surface area contributed by atoms with Crippen LogP contribution in [0.25, 0.3) is 33.5 Å². The first-order valence-electron chi connectivity index (χ1n) is 10.0. The fourth-order valence-corrected chi connectivity index (χ4v) is 4.32. The van der Waals surface area contributed by atoms with Crippen LogP contribution in [-0.4, -0.2) is 49.3 Å². The van der Waals surface area contributed by atoms with Crippen LogP contribution >= 0.6 is 0 Å². The van der Waals surface area contributed by atoms with Gasteiger partial charge in [-0.15, -0.1) is 0 Å². The van der Waals surface area contributed by atoms with Crippen molar-refractivity contribution in [2.24, 2.45) is 7.05 Å². The summed E-state index contributed by atoms with van der Waals surface area (Å²) in [5.41, 5.74) is 5.58. The van der Waals surface area contributed by atoms with Crippen LogP contribution in [0.5, 0.6) is 0 Å². The Balaban J connectivity index is 1.64. The predicted octanol–water partition coefficient (Wildman–Crippen LogP) is 2.65. The number of hydrogen-bond acceptors (Lipinski definition) is 6. The number of aromatic nitrogens is 5. The Morgan fingerprint density at radius 3 is 2.93 bits per heavy atom. The summed E-state index contributed by atoms with van der Waals surface area (Å²) in [7, 11) is 3.81. The van der Waals surface area contributed by atoms with E-state index in [4.69, 9.17) is 9.72 Å². The highest BCUT2D eigenvalue weighted by molar-refractivity contribution is 5.99. The lowest BCUT2D eigenvalue weighted by atomic mass is 9.89. The molecule has 1 saturated carbocycles. The van der Waals surface area contributed by atoms with E-state index in [9.17, 15) is 4.79 Å². The molecule has 0 aromatic carbocycles. The fraction of sp³-hybridized carbons (Fsp3) is 0.333. The van der Waals surface area contributed by atoms with E-state index in [-0.39, 0.29) is 18.2 Å². The fourth-order valence-electron chi connectivity index (χ4n) is 4.32. The van der Waals surface area contributed by atoms with Gasteiger partial charge in [0.1, 0.15) is 17.5 Å². The predicted molar refractivity (Wildman–Crippen MR) is 112 cm³/mol. The van der Waals surface area contributed by atoms with Gasteiger partial charge in [-0.3, -0.25) is 0 Å². The van der Waals surface area contributed by atoms with Crippen LogP contribution in [0.2, 0.25) is 0 Å². The highest BCUT2D eigenvalue weighted by atomic mass is 16.5. The van der Waals surface area contributed by atoms with Crippen molar-refractivity contribution in [1.29, 1.82) is 0 Å². The van der Waals surface area contributed by atoms with Crippen molar-refractivity contribution in [3.8, 4) is 11.3 Å². The first-order chi connectivity index (χ1) is 14.6. The quantitative estimate of drug-likeness (QED) is 0.507. The van der Waals surface area contributed by atoms with Gasteiger partial charge < -0.3 is 19.9 Å². The first-order valence-corrected chi connectivity index (χ1v) is 10.0. The van der Waals surface area contributed by atoms with Gasteiger partial charge in [-0.1, -0.05) is 0 Å². The van der Waals surface area contributed by atoms with Crippen molar-refractivity contribution in [1.82, 2.24) is 29.4 Å². The second kappa shape index (κ2) is 6.27. The largest absolute Gasteiger partial charge is 0.386 e. The second-order valence-electron chi connectivity index (χ2n) is 7.94. The van der Waals surface area contributed by atoms with Crippen LogP contribution in [0.4, 0.5) is 10.5 Å². The monoisotopic (exact) mass is 403 g/mol. The minimum atomic E-state index is -0.238. The van der Waals surface area contributed by atoms with Crippen LogP contribution in [0, 0.1) is 0 Å². The molecule has 5 heterocycles. The van der Waals surface area contributed by atoms with Crippen LogP contribution in [-0.2, 0) is 18.4 Å². The highest BCUT2D eigenvalue weighted by Gasteiger charge is 2.34. The molecule has 30 heavy (non-hydrogen) atoms. The van der Waals surface area contributed by atoms with E-state index in [0.29, 0.717) is 17.8 Å². The van der Waals surface area contributed by atoms with Crippen LogP contribution < -0.4 is 10.6 Å². The molecule has 2 N–H and O–H groups in total. The summed E-state index contributed by atoms with van der Waals surface area (Å²) in [4.78, 5) is 26.9. The maximum Gasteiger partial charge on any atom is 0.328 e. The summed E-state index contributed by atoms with van der Waals surface area (Å²) >= 11 is 0. The normalized spacial score (nSPS) is 20.8. The maximum atomic E-state index is 13.0. The summed E-state index contributed by atoms with van der Waals surface area (Å²) in [6.07, 6.45) is 7.21. The molecular formula is C21H21N7O2. The van der Waals surface area contributed by atoms with Gasteiger partial charge >= 0.3 is 6.03 Å². The van der Waals surface area contributed by atoms with E-state index >= 15 is 0 Å². The van der Waals surface area contributed by atoms with Gasteiger partial charge in [-0.2, -0.15) is 0 Å². The summed E-state index contributed by atoms with van der Waals surface area (Å²) in [6, 6.07) is 3.83. The zero-order chi connectivity index (χ0) is 20.4. The van der Waals surface area contributed by atoms with Gasteiger partial charge in [-0.05, 0) is 30.5 Å². The third kappa shape index (κ3) is 2.45. The molecular weight excluding hydrogens is 382 g/mol. The van der Waals surface area contributed by atoms with Gasteiger partial charge in [0.25, 0.3) is 0 Å². The van der Waals surface area contributed by atoms with Crippen LogP contribution in [0.1, 0.15) is 18.4 Å². The molecule has 0 spiro atoms. The number of aryl methyl sites for hydroxylation is 1. The van der Waals surface area contributed by atoms with E-state index in [1.165, 1.54) is 10.9 Å². The summed E-state index contributed by atoms with van der Waals surface area (Å²) in [6.45, 7) is 0.457. The molecule has 1 amide bonds. The van der Waals surface area contributed by atoms with Gasteiger partial charge in [0.15, 0.2) is 5.65 Å². The number of ether oxygens (including phenoxy) is 1. The van der Waals surface area contributed by atoms with Crippen molar-refractivity contribution in [3.05, 3.63) is 36.4 Å². The topological polar surface area (TPSA) is 98.9 Å². The molecule has 0 radical (unpaired) electrons. The zero-order valence-corrected chi connectivity index (χ0v) is 16.7. The molecule has 9 nitrogen and oxygen atoms in total. The SMILES string of the molecule is CNc1cc2nc3c1ncn3C(=O)N[C@@H]1CC[C@H]1OCc1cnc3c(c1)c-2cn3C. The molecule has 0 unspecified atom stereocenters. The zero-order valence-electron chi connectivity index (χ0n) is 16.7. The van der Waals surface area contributed by atoms with Gasteiger partial charge in [0.05, 0.1) is 30.1 Å². The highest BCUT2D eigenvalue weighted by Crippen LogP contribution is 2.34. The third-order valence-electron chi connectivity index (χ3n) is 6.12.